The number of carbonyl (C=O) groups excluding carboxylic acids is 1. The van der Waals surface area contributed by atoms with Crippen molar-refractivity contribution in [2.75, 3.05) is 18.5 Å². The highest BCUT2D eigenvalue weighted by Gasteiger charge is 2.20. The molecular formula is C14H11ClN2O6. The molecule has 9 heteroatoms. The molecule has 2 aromatic rings. The number of hydrogen-bond acceptors (Lipinski definition) is 6. The van der Waals surface area contributed by atoms with Gasteiger partial charge in [-0.3, -0.25) is 14.9 Å². The van der Waals surface area contributed by atoms with Gasteiger partial charge < -0.3 is 19.2 Å². The molecule has 1 aromatic heterocycles. The van der Waals surface area contributed by atoms with Crippen molar-refractivity contribution in [2.45, 2.75) is 6.42 Å². The Morgan fingerprint density at radius 1 is 1.22 bits per heavy atom. The van der Waals surface area contributed by atoms with E-state index in [-0.39, 0.29) is 10.8 Å². The lowest BCUT2D eigenvalue weighted by Crippen LogP contribution is -2.11. The summed E-state index contributed by atoms with van der Waals surface area (Å²) >= 11 is 6.11. The van der Waals surface area contributed by atoms with E-state index in [4.69, 9.17) is 25.5 Å². The van der Waals surface area contributed by atoms with E-state index < -0.39 is 16.7 Å². The third-order valence-electron chi connectivity index (χ3n) is 3.08. The molecule has 0 saturated carbocycles. The van der Waals surface area contributed by atoms with Crippen molar-refractivity contribution in [1.29, 1.82) is 0 Å². The monoisotopic (exact) mass is 338 g/mol. The van der Waals surface area contributed by atoms with Gasteiger partial charge in [-0.25, -0.2) is 0 Å². The molecule has 0 saturated heterocycles. The number of benzene rings is 1. The maximum Gasteiger partial charge on any atom is 0.433 e. The average Bonchev–Trinajstić information content (AvgIpc) is 2.91. The number of halogens is 1. The molecule has 2 heterocycles. The number of anilines is 1. The molecule has 0 bridgehead atoms. The number of nitrogens with one attached hydrogen (secondary N) is 1. The number of fused-ring (bicyclic) bond motifs is 1. The number of rotatable bonds is 3. The van der Waals surface area contributed by atoms with Crippen LogP contribution in [-0.4, -0.2) is 24.0 Å². The Bertz CT molecular complexity index is 773. The molecule has 1 N–H and O–H groups in total. The lowest BCUT2D eigenvalue weighted by molar-refractivity contribution is -0.402. The molecule has 0 atom stereocenters. The van der Waals surface area contributed by atoms with E-state index in [1.165, 1.54) is 12.1 Å². The van der Waals surface area contributed by atoms with Gasteiger partial charge in [-0.15, -0.1) is 0 Å². The van der Waals surface area contributed by atoms with E-state index in [9.17, 15) is 14.9 Å². The molecule has 1 aliphatic heterocycles. The van der Waals surface area contributed by atoms with E-state index >= 15 is 0 Å². The maximum absolute atomic E-state index is 12.1. The lowest BCUT2D eigenvalue weighted by atomic mass is 10.2. The Kier molecular flexibility index (Phi) is 4.07. The normalized spacial score (nSPS) is 13.3. The number of amides is 1. The zero-order chi connectivity index (χ0) is 16.4. The molecule has 23 heavy (non-hydrogen) atoms. The van der Waals surface area contributed by atoms with Gasteiger partial charge in [0.05, 0.1) is 30.0 Å². The summed E-state index contributed by atoms with van der Waals surface area (Å²) in [5.74, 6) is -0.402. The van der Waals surface area contributed by atoms with Crippen molar-refractivity contribution < 1.29 is 23.6 Å². The summed E-state index contributed by atoms with van der Waals surface area (Å²) in [5.41, 5.74) is 0.292. The summed E-state index contributed by atoms with van der Waals surface area (Å²) in [4.78, 5) is 21.9. The average molecular weight is 339 g/mol. The second-order valence-electron chi connectivity index (χ2n) is 4.68. The minimum atomic E-state index is -0.725. The van der Waals surface area contributed by atoms with Crippen LogP contribution in [0.4, 0.5) is 11.6 Å². The number of hydrogen-bond donors (Lipinski definition) is 1. The molecule has 0 radical (unpaired) electrons. The first kappa shape index (κ1) is 15.2. The van der Waals surface area contributed by atoms with Gasteiger partial charge in [-0.05, 0) is 6.07 Å². The van der Waals surface area contributed by atoms with Crippen molar-refractivity contribution >= 4 is 29.1 Å². The first-order valence-corrected chi connectivity index (χ1v) is 7.07. The van der Waals surface area contributed by atoms with Crippen LogP contribution in [0.15, 0.2) is 28.7 Å². The molecule has 120 valence electrons. The quantitative estimate of drug-likeness (QED) is 0.680. The van der Waals surface area contributed by atoms with Crippen molar-refractivity contribution in [2.24, 2.45) is 0 Å². The van der Waals surface area contributed by atoms with Crippen molar-refractivity contribution in [3.8, 4) is 11.5 Å². The minimum Gasteiger partial charge on any atom is -0.490 e. The molecule has 1 aliphatic rings. The van der Waals surface area contributed by atoms with Crippen LogP contribution in [0, 0.1) is 10.1 Å². The van der Waals surface area contributed by atoms with Crippen LogP contribution in [0.5, 0.6) is 11.5 Å². The predicted molar refractivity (Wildman–Crippen MR) is 80.4 cm³/mol. The zero-order valence-electron chi connectivity index (χ0n) is 11.7. The maximum atomic E-state index is 12.1. The second-order valence-corrected chi connectivity index (χ2v) is 5.09. The summed E-state index contributed by atoms with van der Waals surface area (Å²) in [6.07, 6.45) is 0.740. The van der Waals surface area contributed by atoms with Crippen LogP contribution in [0.2, 0.25) is 5.02 Å². The summed E-state index contributed by atoms with van der Waals surface area (Å²) in [6, 6.07) is 5.40. The SMILES string of the molecule is O=C(Nc1cc2c(cc1Cl)OCCCO2)c1ccc([N+](=O)[O-])o1. The Labute approximate surface area is 135 Å². The summed E-state index contributed by atoms with van der Waals surface area (Å²) in [5, 5.41) is 13.4. The fraction of sp³-hybridized carbons (Fsp3) is 0.214. The highest BCUT2D eigenvalue weighted by atomic mass is 35.5. The summed E-state index contributed by atoms with van der Waals surface area (Å²) < 4.78 is 15.8. The van der Waals surface area contributed by atoms with Gasteiger partial charge in [0.25, 0.3) is 5.91 Å². The summed E-state index contributed by atoms with van der Waals surface area (Å²) in [6.45, 7) is 1.01. The van der Waals surface area contributed by atoms with Gasteiger partial charge in [-0.1, -0.05) is 11.6 Å². The first-order valence-electron chi connectivity index (χ1n) is 6.69. The number of furan rings is 1. The topological polar surface area (TPSA) is 104 Å². The molecule has 3 rings (SSSR count). The first-order chi connectivity index (χ1) is 11.0. The van der Waals surface area contributed by atoms with Gasteiger partial charge in [0.15, 0.2) is 17.3 Å². The van der Waals surface area contributed by atoms with E-state index in [1.54, 1.807) is 6.07 Å². The fourth-order valence-corrected chi connectivity index (χ4v) is 2.21. The van der Waals surface area contributed by atoms with Gasteiger partial charge in [-0.2, -0.15) is 0 Å². The number of carbonyl (C=O) groups is 1. The standard InChI is InChI=1S/C14H11ClN2O6/c15-8-6-11-12(22-5-1-4-21-11)7-9(8)16-14(18)10-2-3-13(23-10)17(19)20/h2-3,6-7H,1,4-5H2,(H,16,18). The largest absolute Gasteiger partial charge is 0.490 e. The van der Waals surface area contributed by atoms with E-state index in [1.807, 2.05) is 0 Å². The molecule has 1 aromatic carbocycles. The van der Waals surface area contributed by atoms with Gasteiger partial charge >= 0.3 is 5.88 Å². The molecule has 0 fully saturated rings. The molecule has 0 spiro atoms. The van der Waals surface area contributed by atoms with Gasteiger partial charge in [0.2, 0.25) is 0 Å². The molecule has 8 nitrogen and oxygen atoms in total. The highest BCUT2D eigenvalue weighted by Crippen LogP contribution is 2.37. The van der Waals surface area contributed by atoms with Crippen molar-refractivity contribution in [1.82, 2.24) is 0 Å². The van der Waals surface area contributed by atoms with Crippen LogP contribution < -0.4 is 14.8 Å². The number of ether oxygens (including phenoxy) is 2. The van der Waals surface area contributed by atoms with E-state index in [2.05, 4.69) is 5.32 Å². The third-order valence-corrected chi connectivity index (χ3v) is 3.39. The Hall–Kier alpha value is -2.74. The van der Waals surface area contributed by atoms with Crippen molar-refractivity contribution in [3.63, 3.8) is 0 Å². The van der Waals surface area contributed by atoms with Crippen LogP contribution in [0.3, 0.4) is 0 Å². The van der Waals surface area contributed by atoms with Crippen LogP contribution >= 0.6 is 11.6 Å². The zero-order valence-corrected chi connectivity index (χ0v) is 12.5. The third kappa shape index (κ3) is 3.21. The van der Waals surface area contributed by atoms with Crippen molar-refractivity contribution in [3.05, 3.63) is 45.2 Å². The van der Waals surface area contributed by atoms with Gasteiger partial charge in [0.1, 0.15) is 4.92 Å². The highest BCUT2D eigenvalue weighted by molar-refractivity contribution is 6.34. The second kappa shape index (κ2) is 6.17. The van der Waals surface area contributed by atoms with Crippen LogP contribution in [0.1, 0.15) is 17.0 Å². The molecule has 1 amide bonds. The van der Waals surface area contributed by atoms with E-state index in [0.717, 1.165) is 12.5 Å². The van der Waals surface area contributed by atoms with Crippen LogP contribution in [0.25, 0.3) is 0 Å². The number of nitro groups is 1. The van der Waals surface area contributed by atoms with E-state index in [0.29, 0.717) is 30.4 Å². The Morgan fingerprint density at radius 2 is 1.91 bits per heavy atom. The summed E-state index contributed by atoms with van der Waals surface area (Å²) in [7, 11) is 0. The molecule has 0 aliphatic carbocycles. The Balaban J connectivity index is 1.82. The predicted octanol–water partition coefficient (Wildman–Crippen LogP) is 3.25. The van der Waals surface area contributed by atoms with Crippen LogP contribution in [-0.2, 0) is 0 Å². The minimum absolute atomic E-state index is 0.195. The fourth-order valence-electron chi connectivity index (χ4n) is 2.01. The lowest BCUT2D eigenvalue weighted by Gasteiger charge is -2.11. The smallest absolute Gasteiger partial charge is 0.433 e. The number of nitrogens with zero attached hydrogens (tertiary/aromatic N) is 1. The molecule has 0 unspecified atom stereocenters. The van der Waals surface area contributed by atoms with Gasteiger partial charge in [0, 0.05) is 18.6 Å². The Morgan fingerprint density at radius 3 is 2.57 bits per heavy atom. The molecular weight excluding hydrogens is 328 g/mol.